The predicted octanol–water partition coefficient (Wildman–Crippen LogP) is 5.75. The molecule has 0 amide bonds. The lowest BCUT2D eigenvalue weighted by atomic mass is 9.91. The standard InChI is InChI=1S/C22H15P/c23-22-18-12-11-16-8-4-7-15-9-10-17(21(18)20(15)16)13-19(22)14-5-2-1-3-6-14/h1-13H,23H2. The number of hydrogen-bond donors (Lipinski definition) is 0. The van der Waals surface area contributed by atoms with Gasteiger partial charge in [0.1, 0.15) is 0 Å². The number of hydrogen-bond acceptors (Lipinski definition) is 0. The second-order valence-corrected chi connectivity index (χ2v) is 6.64. The third kappa shape index (κ3) is 1.82. The predicted molar refractivity (Wildman–Crippen MR) is 105 cm³/mol. The highest BCUT2D eigenvalue weighted by Gasteiger charge is 2.13. The lowest BCUT2D eigenvalue weighted by molar-refractivity contribution is 1.68. The summed E-state index contributed by atoms with van der Waals surface area (Å²) < 4.78 is 0. The Kier molecular flexibility index (Phi) is 2.71. The first-order chi connectivity index (χ1) is 11.3. The number of benzene rings is 5. The van der Waals surface area contributed by atoms with Crippen LogP contribution in [-0.2, 0) is 0 Å². The molecule has 5 aromatic rings. The summed E-state index contributed by atoms with van der Waals surface area (Å²) in [5.41, 5.74) is 2.56. The molecule has 23 heavy (non-hydrogen) atoms. The van der Waals surface area contributed by atoms with Gasteiger partial charge in [0.05, 0.1) is 0 Å². The largest absolute Gasteiger partial charge is 0.104 e. The van der Waals surface area contributed by atoms with Crippen molar-refractivity contribution in [2.75, 3.05) is 0 Å². The molecule has 0 aliphatic rings. The monoisotopic (exact) mass is 310 g/mol. The Morgan fingerprint density at radius 1 is 0.565 bits per heavy atom. The van der Waals surface area contributed by atoms with Gasteiger partial charge in [-0.3, -0.25) is 0 Å². The Balaban J connectivity index is 2.00. The fourth-order valence-corrected chi connectivity index (χ4v) is 4.18. The lowest BCUT2D eigenvalue weighted by Crippen LogP contribution is -2.00. The Bertz CT molecular complexity index is 1140. The van der Waals surface area contributed by atoms with Gasteiger partial charge in [-0.25, -0.2) is 0 Å². The molecule has 0 heterocycles. The Morgan fingerprint density at radius 2 is 1.26 bits per heavy atom. The molecule has 0 aromatic heterocycles. The summed E-state index contributed by atoms with van der Waals surface area (Å²) in [6.07, 6.45) is 0. The fraction of sp³-hybridized carbons (Fsp3) is 0. The van der Waals surface area contributed by atoms with Crippen molar-refractivity contribution in [2.45, 2.75) is 0 Å². The van der Waals surface area contributed by atoms with E-state index in [0.29, 0.717) is 0 Å². The lowest BCUT2D eigenvalue weighted by Gasteiger charge is -2.15. The average Bonchev–Trinajstić information content (AvgIpc) is 2.62. The molecule has 0 fully saturated rings. The molecule has 0 N–H and O–H groups in total. The van der Waals surface area contributed by atoms with E-state index in [1.165, 1.54) is 48.7 Å². The summed E-state index contributed by atoms with van der Waals surface area (Å²) >= 11 is 0. The van der Waals surface area contributed by atoms with Gasteiger partial charge in [0, 0.05) is 0 Å². The van der Waals surface area contributed by atoms with Crippen molar-refractivity contribution in [1.82, 2.24) is 0 Å². The topological polar surface area (TPSA) is 0 Å². The minimum Gasteiger partial charge on any atom is -0.104 e. The van der Waals surface area contributed by atoms with Crippen LogP contribution in [0.2, 0.25) is 0 Å². The van der Waals surface area contributed by atoms with Crippen molar-refractivity contribution in [3.05, 3.63) is 78.9 Å². The van der Waals surface area contributed by atoms with Crippen molar-refractivity contribution < 1.29 is 0 Å². The van der Waals surface area contributed by atoms with Gasteiger partial charge in [0.2, 0.25) is 0 Å². The van der Waals surface area contributed by atoms with Crippen LogP contribution in [0.4, 0.5) is 0 Å². The molecule has 0 spiro atoms. The van der Waals surface area contributed by atoms with Crippen LogP contribution in [0, 0.1) is 0 Å². The zero-order valence-corrected chi connectivity index (χ0v) is 13.7. The summed E-state index contributed by atoms with van der Waals surface area (Å²) in [6, 6.07) is 28.5. The minimum absolute atomic E-state index is 1.27. The third-order valence-electron chi connectivity index (χ3n) is 4.77. The van der Waals surface area contributed by atoms with Crippen molar-refractivity contribution in [3.8, 4) is 11.1 Å². The van der Waals surface area contributed by atoms with Crippen LogP contribution in [0.25, 0.3) is 43.4 Å². The normalized spacial score (nSPS) is 11.7. The van der Waals surface area contributed by atoms with Crippen LogP contribution in [0.3, 0.4) is 0 Å². The molecule has 0 radical (unpaired) electrons. The SMILES string of the molecule is Pc1c(-c2ccccc2)cc2ccc3cccc4ccc1c2c34. The zero-order valence-electron chi connectivity index (χ0n) is 12.6. The quantitative estimate of drug-likeness (QED) is 0.273. The summed E-state index contributed by atoms with van der Waals surface area (Å²) in [4.78, 5) is 0. The minimum atomic E-state index is 1.27. The highest BCUT2D eigenvalue weighted by atomic mass is 31.0. The van der Waals surface area contributed by atoms with E-state index in [0.717, 1.165) is 0 Å². The molecule has 108 valence electrons. The highest BCUT2D eigenvalue weighted by Crippen LogP contribution is 2.36. The van der Waals surface area contributed by atoms with Crippen LogP contribution in [0.5, 0.6) is 0 Å². The van der Waals surface area contributed by atoms with Gasteiger partial charge in [0.25, 0.3) is 0 Å². The third-order valence-corrected chi connectivity index (χ3v) is 5.40. The van der Waals surface area contributed by atoms with Gasteiger partial charge in [-0.15, -0.1) is 9.24 Å². The molecule has 0 saturated carbocycles. The van der Waals surface area contributed by atoms with Crippen LogP contribution >= 0.6 is 9.24 Å². The summed E-state index contributed by atoms with van der Waals surface area (Å²) in [6.45, 7) is 0. The van der Waals surface area contributed by atoms with Crippen molar-refractivity contribution in [3.63, 3.8) is 0 Å². The maximum Gasteiger partial charge on any atom is -0.00201 e. The average molecular weight is 310 g/mol. The molecule has 0 saturated heterocycles. The van der Waals surface area contributed by atoms with Crippen LogP contribution < -0.4 is 5.30 Å². The van der Waals surface area contributed by atoms with E-state index in [2.05, 4.69) is 88.1 Å². The Labute approximate surface area is 137 Å². The van der Waals surface area contributed by atoms with E-state index < -0.39 is 0 Å². The first-order valence-electron chi connectivity index (χ1n) is 7.84. The van der Waals surface area contributed by atoms with Crippen LogP contribution in [-0.4, -0.2) is 0 Å². The smallest absolute Gasteiger partial charge is 0.00201 e. The Morgan fingerprint density at radius 3 is 2.04 bits per heavy atom. The van der Waals surface area contributed by atoms with E-state index in [4.69, 9.17) is 0 Å². The van der Waals surface area contributed by atoms with Gasteiger partial charge >= 0.3 is 0 Å². The van der Waals surface area contributed by atoms with Gasteiger partial charge in [-0.2, -0.15) is 0 Å². The molecule has 0 nitrogen and oxygen atoms in total. The van der Waals surface area contributed by atoms with E-state index in [-0.39, 0.29) is 0 Å². The maximum atomic E-state index is 2.96. The van der Waals surface area contributed by atoms with Crippen molar-refractivity contribution >= 4 is 46.9 Å². The molecular formula is C22H15P. The highest BCUT2D eigenvalue weighted by molar-refractivity contribution is 7.29. The Hall–Kier alpha value is -2.43. The van der Waals surface area contributed by atoms with E-state index in [1.807, 2.05) is 0 Å². The molecule has 0 aliphatic heterocycles. The molecule has 0 bridgehead atoms. The second kappa shape index (κ2) is 4.78. The zero-order chi connectivity index (χ0) is 15.4. The fourth-order valence-electron chi connectivity index (χ4n) is 3.69. The molecule has 1 unspecified atom stereocenters. The van der Waals surface area contributed by atoms with Crippen molar-refractivity contribution in [1.29, 1.82) is 0 Å². The second-order valence-electron chi connectivity index (χ2n) is 6.06. The summed E-state index contributed by atoms with van der Waals surface area (Å²) in [7, 11) is 2.96. The van der Waals surface area contributed by atoms with Crippen LogP contribution in [0.15, 0.2) is 78.9 Å². The molecular weight excluding hydrogens is 295 g/mol. The van der Waals surface area contributed by atoms with Gasteiger partial charge < -0.3 is 0 Å². The van der Waals surface area contributed by atoms with E-state index in [9.17, 15) is 0 Å². The van der Waals surface area contributed by atoms with Crippen molar-refractivity contribution in [2.24, 2.45) is 0 Å². The molecule has 1 heteroatoms. The molecule has 5 aromatic carbocycles. The van der Waals surface area contributed by atoms with Gasteiger partial charge in [-0.1, -0.05) is 72.8 Å². The molecule has 0 aliphatic carbocycles. The first-order valence-corrected chi connectivity index (χ1v) is 8.42. The summed E-state index contributed by atoms with van der Waals surface area (Å²) in [5, 5.41) is 9.32. The number of rotatable bonds is 1. The van der Waals surface area contributed by atoms with E-state index in [1.54, 1.807) is 0 Å². The molecule has 1 atom stereocenters. The molecule has 5 rings (SSSR count). The van der Waals surface area contributed by atoms with Gasteiger partial charge in [-0.05, 0) is 54.8 Å². The first kappa shape index (κ1) is 13.0. The maximum absolute atomic E-state index is 2.96. The van der Waals surface area contributed by atoms with E-state index >= 15 is 0 Å². The van der Waals surface area contributed by atoms with Crippen LogP contribution in [0.1, 0.15) is 0 Å². The summed E-state index contributed by atoms with van der Waals surface area (Å²) in [5.74, 6) is 0. The van der Waals surface area contributed by atoms with Gasteiger partial charge in [0.15, 0.2) is 0 Å².